The molecular formula is C22H31NO2. The van der Waals surface area contributed by atoms with E-state index in [-0.39, 0.29) is 22.5 Å². The van der Waals surface area contributed by atoms with E-state index in [0.717, 1.165) is 43.4 Å². The molecule has 136 valence electrons. The largest absolute Gasteiger partial charge is 0.388 e. The van der Waals surface area contributed by atoms with E-state index in [1.54, 1.807) is 0 Å². The number of Topliss-reactive ketones (excluding diaryl/α,β-unsaturated/α-hetero) is 1. The summed E-state index contributed by atoms with van der Waals surface area (Å²) in [6.07, 6.45) is 5.75. The van der Waals surface area contributed by atoms with Crippen LogP contribution < -0.4 is 5.32 Å². The van der Waals surface area contributed by atoms with E-state index in [1.807, 2.05) is 0 Å². The van der Waals surface area contributed by atoms with Crippen molar-refractivity contribution in [2.45, 2.75) is 64.5 Å². The van der Waals surface area contributed by atoms with Crippen LogP contribution in [0.4, 0.5) is 0 Å². The number of carbonyl (C=O) groups is 1. The molecule has 3 nitrogen and oxygen atoms in total. The standard InChI is InChI=1S/C22H31NO2/c1-12-15-6-9-22(18(12)24)16(10-15)21-8-5-7-20(4,14(3)23-11-21)17(21)13(2)19(22)25/h14-17,19,23,25H,1-2,5-11H2,3-4H3. The first kappa shape index (κ1) is 16.3. The Morgan fingerprint density at radius 1 is 1.24 bits per heavy atom. The van der Waals surface area contributed by atoms with Crippen LogP contribution in [0.15, 0.2) is 24.3 Å². The van der Waals surface area contributed by atoms with Gasteiger partial charge < -0.3 is 10.4 Å². The van der Waals surface area contributed by atoms with Crippen LogP contribution in [0.5, 0.6) is 0 Å². The summed E-state index contributed by atoms with van der Waals surface area (Å²) in [5.41, 5.74) is 1.31. The Hall–Kier alpha value is -0.930. The minimum Gasteiger partial charge on any atom is -0.388 e. The molecule has 0 aromatic rings. The van der Waals surface area contributed by atoms with E-state index >= 15 is 0 Å². The number of hydrogen-bond acceptors (Lipinski definition) is 3. The molecule has 25 heavy (non-hydrogen) atoms. The second-order valence-electron chi connectivity index (χ2n) is 10.0. The zero-order valence-corrected chi connectivity index (χ0v) is 15.6. The zero-order chi connectivity index (χ0) is 17.8. The molecule has 0 aromatic carbocycles. The second-order valence-corrected chi connectivity index (χ2v) is 10.0. The number of hydrogen-bond donors (Lipinski definition) is 2. The highest BCUT2D eigenvalue weighted by Crippen LogP contribution is 2.73. The van der Waals surface area contributed by atoms with Crippen molar-refractivity contribution >= 4 is 5.78 Å². The van der Waals surface area contributed by atoms with Crippen LogP contribution in [0, 0.1) is 34.0 Å². The molecule has 5 aliphatic carbocycles. The van der Waals surface area contributed by atoms with Crippen LogP contribution in [0.3, 0.4) is 0 Å². The average Bonchev–Trinajstić information content (AvgIpc) is 2.60. The fourth-order valence-electron chi connectivity index (χ4n) is 8.23. The summed E-state index contributed by atoms with van der Waals surface area (Å²) in [4.78, 5) is 13.4. The third-order valence-corrected chi connectivity index (χ3v) is 9.48. The van der Waals surface area contributed by atoms with Gasteiger partial charge in [-0.3, -0.25) is 4.79 Å². The Bertz CT molecular complexity index is 698. The summed E-state index contributed by atoms with van der Waals surface area (Å²) in [7, 11) is 0. The van der Waals surface area contributed by atoms with Crippen molar-refractivity contribution in [3.63, 3.8) is 0 Å². The highest BCUT2D eigenvalue weighted by atomic mass is 16.3. The summed E-state index contributed by atoms with van der Waals surface area (Å²) in [5.74, 6) is 1.10. The number of ketones is 1. The van der Waals surface area contributed by atoms with Crippen LogP contribution in [-0.2, 0) is 4.79 Å². The van der Waals surface area contributed by atoms with Gasteiger partial charge in [0.1, 0.15) is 0 Å². The second kappa shape index (κ2) is 4.67. The normalized spacial score (nSPS) is 57.2. The molecule has 2 N–H and O–H groups in total. The van der Waals surface area contributed by atoms with Gasteiger partial charge in [-0.25, -0.2) is 0 Å². The molecule has 6 fully saturated rings. The van der Waals surface area contributed by atoms with Crippen LogP contribution in [0.1, 0.15) is 52.4 Å². The van der Waals surface area contributed by atoms with Gasteiger partial charge in [0.25, 0.3) is 0 Å². The number of carbonyl (C=O) groups excluding carboxylic acids is 1. The lowest BCUT2D eigenvalue weighted by Crippen LogP contribution is -2.75. The molecule has 1 spiro atoms. The Morgan fingerprint density at radius 2 is 2.00 bits per heavy atom. The van der Waals surface area contributed by atoms with E-state index in [2.05, 4.69) is 32.3 Å². The molecule has 1 aliphatic heterocycles. The molecule has 8 unspecified atom stereocenters. The third-order valence-electron chi connectivity index (χ3n) is 9.48. The van der Waals surface area contributed by atoms with Crippen LogP contribution >= 0.6 is 0 Å². The van der Waals surface area contributed by atoms with Gasteiger partial charge in [0.15, 0.2) is 5.78 Å². The van der Waals surface area contributed by atoms with Crippen molar-refractivity contribution in [2.75, 3.05) is 6.54 Å². The first-order chi connectivity index (χ1) is 11.8. The highest BCUT2D eigenvalue weighted by molar-refractivity contribution is 6.03. The van der Waals surface area contributed by atoms with Crippen molar-refractivity contribution in [3.05, 3.63) is 24.3 Å². The first-order valence-electron chi connectivity index (χ1n) is 10.1. The molecule has 8 atom stereocenters. The molecule has 6 rings (SSSR count). The highest BCUT2D eigenvalue weighted by Gasteiger charge is 2.73. The summed E-state index contributed by atoms with van der Waals surface area (Å²) < 4.78 is 0. The van der Waals surface area contributed by atoms with E-state index in [1.165, 1.54) is 12.8 Å². The minimum atomic E-state index is -0.691. The maximum atomic E-state index is 13.4. The molecule has 4 bridgehead atoms. The number of aliphatic hydroxyl groups excluding tert-OH is 1. The van der Waals surface area contributed by atoms with Gasteiger partial charge in [0.05, 0.1) is 11.5 Å². The smallest absolute Gasteiger partial charge is 0.167 e. The fraction of sp³-hybridized carbons (Fsp3) is 0.773. The molecule has 1 saturated heterocycles. The predicted octanol–water partition coefficient (Wildman–Crippen LogP) is 3.24. The Morgan fingerprint density at radius 3 is 2.76 bits per heavy atom. The lowest BCUT2D eigenvalue weighted by molar-refractivity contribution is -0.209. The van der Waals surface area contributed by atoms with Gasteiger partial charge in [-0.15, -0.1) is 0 Å². The fourth-order valence-corrected chi connectivity index (χ4v) is 8.23. The third kappa shape index (κ3) is 1.56. The van der Waals surface area contributed by atoms with Gasteiger partial charge in [-0.1, -0.05) is 26.5 Å². The number of nitrogens with one attached hydrogen (secondary N) is 1. The first-order valence-corrected chi connectivity index (χ1v) is 10.1. The van der Waals surface area contributed by atoms with Crippen molar-refractivity contribution in [1.29, 1.82) is 0 Å². The van der Waals surface area contributed by atoms with Gasteiger partial charge in [-0.05, 0) is 78.8 Å². The minimum absolute atomic E-state index is 0.0881. The van der Waals surface area contributed by atoms with Crippen molar-refractivity contribution in [3.8, 4) is 0 Å². The number of fused-ring (bicyclic) bond motifs is 2. The van der Waals surface area contributed by atoms with E-state index in [9.17, 15) is 9.90 Å². The SMILES string of the molecule is C=C1C(=O)C23CCC1CC2C12CCCC(C)(C(C)NC1)C2C(=C)C3O. The van der Waals surface area contributed by atoms with Gasteiger partial charge in [0.2, 0.25) is 0 Å². The van der Waals surface area contributed by atoms with Crippen molar-refractivity contribution < 1.29 is 9.90 Å². The van der Waals surface area contributed by atoms with Gasteiger partial charge in [0, 0.05) is 12.6 Å². The lowest BCUT2D eigenvalue weighted by Gasteiger charge is -2.72. The number of allylic oxidation sites excluding steroid dienone is 1. The summed E-state index contributed by atoms with van der Waals surface area (Å²) >= 11 is 0. The zero-order valence-electron chi connectivity index (χ0n) is 15.6. The molecule has 0 aromatic heterocycles. The summed E-state index contributed by atoms with van der Waals surface area (Å²) in [5, 5.41) is 15.3. The van der Waals surface area contributed by atoms with Crippen LogP contribution in [-0.4, -0.2) is 29.6 Å². The number of aliphatic hydroxyl groups is 1. The number of piperidine rings is 1. The number of rotatable bonds is 0. The molecule has 1 heterocycles. The van der Waals surface area contributed by atoms with E-state index in [0.29, 0.717) is 17.9 Å². The average molecular weight is 341 g/mol. The molecule has 3 heteroatoms. The molecule has 5 saturated carbocycles. The monoisotopic (exact) mass is 341 g/mol. The quantitative estimate of drug-likeness (QED) is 0.525. The summed E-state index contributed by atoms with van der Waals surface area (Å²) in [6, 6.07) is 0.426. The van der Waals surface area contributed by atoms with Gasteiger partial charge in [-0.2, -0.15) is 0 Å². The topological polar surface area (TPSA) is 49.3 Å². The predicted molar refractivity (Wildman–Crippen MR) is 97.9 cm³/mol. The van der Waals surface area contributed by atoms with Crippen LogP contribution in [0.25, 0.3) is 0 Å². The van der Waals surface area contributed by atoms with Gasteiger partial charge >= 0.3 is 0 Å². The molecular weight excluding hydrogens is 310 g/mol. The Kier molecular flexibility index (Phi) is 3.04. The summed E-state index contributed by atoms with van der Waals surface area (Å²) in [6.45, 7) is 14.2. The maximum absolute atomic E-state index is 13.4. The Balaban J connectivity index is 1.73. The van der Waals surface area contributed by atoms with Crippen molar-refractivity contribution in [2.24, 2.45) is 34.0 Å². The van der Waals surface area contributed by atoms with E-state index in [4.69, 9.17) is 0 Å². The lowest BCUT2D eigenvalue weighted by atomic mass is 9.33. The van der Waals surface area contributed by atoms with Crippen molar-refractivity contribution in [1.82, 2.24) is 5.32 Å². The van der Waals surface area contributed by atoms with Crippen LogP contribution in [0.2, 0.25) is 0 Å². The maximum Gasteiger partial charge on any atom is 0.167 e. The molecule has 6 aliphatic rings. The van der Waals surface area contributed by atoms with E-state index < -0.39 is 11.5 Å². The Labute approximate surface area is 151 Å². The molecule has 0 amide bonds. The molecule has 0 radical (unpaired) electrons.